The van der Waals surface area contributed by atoms with Crippen molar-refractivity contribution in [3.8, 4) is 0 Å². The highest BCUT2D eigenvalue weighted by atomic mass is 16.6. The molecule has 0 aliphatic rings. The van der Waals surface area contributed by atoms with E-state index in [9.17, 15) is 28.8 Å². The van der Waals surface area contributed by atoms with Crippen LogP contribution in [0.5, 0.6) is 0 Å². The summed E-state index contributed by atoms with van der Waals surface area (Å²) in [5.74, 6) is -2.40. The molecule has 13 heteroatoms. The van der Waals surface area contributed by atoms with Crippen molar-refractivity contribution in [2.45, 2.75) is 200 Å². The Morgan fingerprint density at radius 3 is 1.07 bits per heavy atom. The number of rotatable bonds is 39. The van der Waals surface area contributed by atoms with Gasteiger partial charge in [-0.3, -0.25) is 28.8 Å². The molecule has 0 rings (SSSR count). The van der Waals surface area contributed by atoms with Crippen LogP contribution in [0.25, 0.3) is 0 Å². The van der Waals surface area contributed by atoms with Gasteiger partial charge < -0.3 is 33.2 Å². The molecule has 13 nitrogen and oxygen atoms in total. The van der Waals surface area contributed by atoms with Crippen LogP contribution in [0.15, 0.2) is 0 Å². The number of esters is 5. The number of hydrogen-bond acceptors (Lipinski definition) is 13. The summed E-state index contributed by atoms with van der Waals surface area (Å²) in [7, 11) is 1.46. The van der Waals surface area contributed by atoms with Gasteiger partial charge in [0.25, 0.3) is 6.47 Å². The van der Waals surface area contributed by atoms with Crippen LogP contribution in [-0.2, 0) is 61.9 Å². The lowest BCUT2D eigenvalue weighted by atomic mass is 10.1. The molecule has 0 aliphatic carbocycles. The van der Waals surface area contributed by atoms with Gasteiger partial charge in [-0.05, 0) is 32.1 Å². The highest BCUT2D eigenvalue weighted by Gasteiger charge is 2.23. The highest BCUT2D eigenvalue weighted by molar-refractivity contribution is 5.72. The van der Waals surface area contributed by atoms with Crippen molar-refractivity contribution in [3.63, 3.8) is 0 Å². The van der Waals surface area contributed by atoms with E-state index < -0.39 is 48.2 Å². The Kier molecular flexibility index (Phi) is 35.5. The summed E-state index contributed by atoms with van der Waals surface area (Å²) >= 11 is 0. The molecule has 0 N–H and O–H groups in total. The van der Waals surface area contributed by atoms with Crippen LogP contribution in [0.2, 0.25) is 0 Å². The van der Waals surface area contributed by atoms with Crippen molar-refractivity contribution >= 4 is 36.3 Å². The Morgan fingerprint density at radius 2 is 0.745 bits per heavy atom. The van der Waals surface area contributed by atoms with Gasteiger partial charge in [0.05, 0.1) is 6.10 Å². The lowest BCUT2D eigenvalue weighted by Crippen LogP contribution is -2.31. The normalized spacial score (nSPS) is 12.1. The molecular weight excluding hydrogens is 712 g/mol. The van der Waals surface area contributed by atoms with E-state index in [1.807, 2.05) is 0 Å². The molecule has 0 radical (unpaired) electrons. The van der Waals surface area contributed by atoms with Crippen LogP contribution in [0, 0.1) is 0 Å². The summed E-state index contributed by atoms with van der Waals surface area (Å²) in [6.45, 7) is 5.71. The molecule has 320 valence electrons. The number of unbranched alkanes of at least 4 members (excludes halogenated alkanes) is 15. The fourth-order valence-corrected chi connectivity index (χ4v) is 5.73. The van der Waals surface area contributed by atoms with E-state index in [-0.39, 0.29) is 77.8 Å². The summed E-state index contributed by atoms with van der Waals surface area (Å²) < 4.78 is 37.2. The molecule has 2 atom stereocenters. The first kappa shape index (κ1) is 51.8. The zero-order valence-electron chi connectivity index (χ0n) is 34.6. The van der Waals surface area contributed by atoms with Gasteiger partial charge in [-0.1, -0.05) is 117 Å². The number of carbonyl (C=O) groups excluding carboxylic acids is 6. The zero-order valence-corrected chi connectivity index (χ0v) is 34.6. The van der Waals surface area contributed by atoms with Crippen molar-refractivity contribution in [2.24, 2.45) is 0 Å². The number of ether oxygens (including phenoxy) is 7. The maximum absolute atomic E-state index is 12.9. The van der Waals surface area contributed by atoms with Gasteiger partial charge in [-0.2, -0.15) is 0 Å². The Labute approximate surface area is 330 Å². The molecule has 0 aromatic rings. The van der Waals surface area contributed by atoms with Gasteiger partial charge in [0.15, 0.2) is 12.2 Å². The molecule has 0 spiro atoms. The average molecular weight is 787 g/mol. The molecule has 0 saturated carbocycles. The van der Waals surface area contributed by atoms with E-state index in [2.05, 4.69) is 20.8 Å². The first-order valence-electron chi connectivity index (χ1n) is 21.1. The molecule has 55 heavy (non-hydrogen) atoms. The van der Waals surface area contributed by atoms with Crippen LogP contribution in [0.3, 0.4) is 0 Å². The number of carbonyl (C=O) groups is 6. The third-order valence-corrected chi connectivity index (χ3v) is 9.11. The lowest BCUT2D eigenvalue weighted by molar-refractivity contribution is -0.167. The minimum absolute atomic E-state index is 0.0637. The van der Waals surface area contributed by atoms with Crippen LogP contribution in [-0.4, -0.2) is 88.2 Å². The van der Waals surface area contributed by atoms with Crippen molar-refractivity contribution in [3.05, 3.63) is 0 Å². The molecule has 0 aromatic carbocycles. The summed E-state index contributed by atoms with van der Waals surface area (Å²) in [4.78, 5) is 73.2. The Bertz CT molecular complexity index is 970. The van der Waals surface area contributed by atoms with Crippen molar-refractivity contribution < 1.29 is 61.9 Å². The molecule has 0 heterocycles. The molecule has 0 bridgehead atoms. The second-order valence-electron chi connectivity index (χ2n) is 14.2. The predicted octanol–water partition coefficient (Wildman–Crippen LogP) is 8.44. The van der Waals surface area contributed by atoms with Crippen LogP contribution in [0.4, 0.5) is 0 Å². The highest BCUT2D eigenvalue weighted by Crippen LogP contribution is 2.14. The van der Waals surface area contributed by atoms with Crippen molar-refractivity contribution in [1.82, 2.24) is 0 Å². The number of hydrogen-bond donors (Lipinski definition) is 0. The Balaban J connectivity index is 4.87. The van der Waals surface area contributed by atoms with Gasteiger partial charge in [0, 0.05) is 39.2 Å². The van der Waals surface area contributed by atoms with E-state index >= 15 is 0 Å². The minimum atomic E-state index is -0.962. The molecule has 0 saturated heterocycles. The van der Waals surface area contributed by atoms with Crippen molar-refractivity contribution in [2.75, 3.05) is 33.5 Å². The Hall–Kier alpha value is -3.22. The summed E-state index contributed by atoms with van der Waals surface area (Å²) in [6.07, 6.45) is 17.2. The summed E-state index contributed by atoms with van der Waals surface area (Å²) in [5, 5.41) is 0. The predicted molar refractivity (Wildman–Crippen MR) is 208 cm³/mol. The van der Waals surface area contributed by atoms with Crippen molar-refractivity contribution in [1.29, 1.82) is 0 Å². The lowest BCUT2D eigenvalue weighted by Gasteiger charge is -2.20. The SMILES string of the molecule is CCCCCCCCC(=O)OCC(COC=O)OC(=O)CCC(CCC(=O)OC(COC(=O)CCCCCCCC)COC(=O)CCCCCCCC)OC. The fourth-order valence-electron chi connectivity index (χ4n) is 5.73. The smallest absolute Gasteiger partial charge is 0.306 e. The molecule has 0 fully saturated rings. The van der Waals surface area contributed by atoms with E-state index in [4.69, 9.17) is 33.2 Å². The van der Waals surface area contributed by atoms with E-state index in [0.29, 0.717) is 19.3 Å². The fraction of sp³-hybridized carbons (Fsp3) is 0.857. The monoisotopic (exact) mass is 787 g/mol. The second-order valence-corrected chi connectivity index (χ2v) is 14.2. The molecule has 0 aromatic heterocycles. The summed E-state index contributed by atoms with van der Waals surface area (Å²) in [6, 6.07) is 0. The van der Waals surface area contributed by atoms with Gasteiger partial charge >= 0.3 is 29.8 Å². The van der Waals surface area contributed by atoms with E-state index in [1.54, 1.807) is 0 Å². The number of methoxy groups -OCH3 is 1. The Morgan fingerprint density at radius 1 is 0.418 bits per heavy atom. The van der Waals surface area contributed by atoms with Gasteiger partial charge in [-0.15, -0.1) is 0 Å². The summed E-state index contributed by atoms with van der Waals surface area (Å²) in [5.41, 5.74) is 0. The van der Waals surface area contributed by atoms with Crippen LogP contribution in [0.1, 0.15) is 181 Å². The minimum Gasteiger partial charge on any atom is -0.464 e. The van der Waals surface area contributed by atoms with Gasteiger partial charge in [-0.25, -0.2) is 0 Å². The quantitative estimate of drug-likeness (QED) is 0.0252. The van der Waals surface area contributed by atoms with E-state index in [0.717, 1.165) is 77.0 Å². The van der Waals surface area contributed by atoms with Gasteiger partial charge in [0.1, 0.15) is 26.4 Å². The van der Waals surface area contributed by atoms with Gasteiger partial charge in [0.2, 0.25) is 0 Å². The maximum Gasteiger partial charge on any atom is 0.306 e. The molecule has 0 aliphatic heterocycles. The topological polar surface area (TPSA) is 167 Å². The zero-order chi connectivity index (χ0) is 40.8. The molecule has 0 amide bonds. The first-order valence-corrected chi connectivity index (χ1v) is 21.1. The third-order valence-electron chi connectivity index (χ3n) is 9.11. The third kappa shape index (κ3) is 33.8. The maximum atomic E-state index is 12.9. The molecule has 2 unspecified atom stereocenters. The van der Waals surface area contributed by atoms with Crippen LogP contribution >= 0.6 is 0 Å². The van der Waals surface area contributed by atoms with E-state index in [1.165, 1.54) is 26.4 Å². The largest absolute Gasteiger partial charge is 0.464 e. The van der Waals surface area contributed by atoms with Crippen LogP contribution < -0.4 is 0 Å². The average Bonchev–Trinajstić information content (AvgIpc) is 3.17. The second kappa shape index (κ2) is 37.7. The molecular formula is C42H74O13. The first-order chi connectivity index (χ1) is 26.7. The standard InChI is InChI=1S/C42H74O13/c1-5-8-11-14-17-20-23-38(44)51-31-36(30-50-34-43)54-41(47)28-26-35(49-4)27-29-42(48)55-37(32-52-39(45)24-21-18-15-12-9-6-2)33-53-40(46)25-22-19-16-13-10-7-3/h34-37H,5-33H2,1-4H3.